The highest BCUT2D eigenvalue weighted by atomic mass is 35.5. The molecule has 0 unspecified atom stereocenters. The molecule has 2 aliphatic heterocycles. The summed E-state index contributed by atoms with van der Waals surface area (Å²) in [7, 11) is 2.17. The summed E-state index contributed by atoms with van der Waals surface area (Å²) in [6, 6.07) is 10.2. The van der Waals surface area contributed by atoms with Crippen molar-refractivity contribution in [2.75, 3.05) is 69.2 Å². The molecule has 2 aliphatic rings. The van der Waals surface area contributed by atoms with Gasteiger partial charge in [-0.3, -0.25) is 4.90 Å². The van der Waals surface area contributed by atoms with E-state index >= 15 is 0 Å². The van der Waals surface area contributed by atoms with E-state index in [4.69, 9.17) is 21.7 Å². The molecule has 1 aromatic carbocycles. The summed E-state index contributed by atoms with van der Waals surface area (Å²) in [4.78, 5) is 19.0. The van der Waals surface area contributed by atoms with Gasteiger partial charge in [-0.2, -0.15) is 9.50 Å². The molecule has 0 N–H and O–H groups in total. The van der Waals surface area contributed by atoms with Crippen LogP contribution in [0.5, 0.6) is 0 Å². The van der Waals surface area contributed by atoms with Crippen LogP contribution in [0.15, 0.2) is 30.3 Å². The molecule has 4 heterocycles. The predicted molar refractivity (Wildman–Crippen MR) is 124 cm³/mol. The van der Waals surface area contributed by atoms with Gasteiger partial charge in [-0.1, -0.05) is 11.6 Å². The second kappa shape index (κ2) is 8.61. The van der Waals surface area contributed by atoms with E-state index in [-0.39, 0.29) is 0 Å². The monoisotopic (exact) mass is 440 g/mol. The number of aryl methyl sites for hydroxylation is 1. The van der Waals surface area contributed by atoms with Crippen LogP contribution in [0.1, 0.15) is 11.5 Å². The maximum absolute atomic E-state index is 6.02. The Balaban J connectivity index is 1.28. The van der Waals surface area contributed by atoms with E-state index in [0.717, 1.165) is 81.3 Å². The summed E-state index contributed by atoms with van der Waals surface area (Å²) in [5.74, 6) is 2.64. The summed E-state index contributed by atoms with van der Waals surface area (Å²) < 4.78 is 1.93. The molecule has 0 saturated carbocycles. The van der Waals surface area contributed by atoms with Gasteiger partial charge in [-0.25, -0.2) is 4.98 Å². The standard InChI is InChI=1S/C22H29ClN8/c1-17-15-21(30-11-7-27(2)8-12-30)31-22(24-17)25-20(26-31)16-28-9-13-29(14-10-28)19-5-3-18(23)4-6-19/h3-6,15H,7-14,16H2,1-2H3. The van der Waals surface area contributed by atoms with Crippen LogP contribution in [0, 0.1) is 6.92 Å². The predicted octanol–water partition coefficient (Wildman–Crippen LogP) is 2.16. The van der Waals surface area contributed by atoms with E-state index < -0.39 is 0 Å². The van der Waals surface area contributed by atoms with Crippen molar-refractivity contribution in [1.82, 2.24) is 29.4 Å². The molecule has 164 valence electrons. The van der Waals surface area contributed by atoms with Gasteiger partial charge in [0.25, 0.3) is 5.78 Å². The van der Waals surface area contributed by atoms with Gasteiger partial charge in [0.1, 0.15) is 5.82 Å². The van der Waals surface area contributed by atoms with Gasteiger partial charge in [0.05, 0.1) is 6.54 Å². The smallest absolute Gasteiger partial charge is 0.254 e. The molecular formula is C22H29ClN8. The molecule has 31 heavy (non-hydrogen) atoms. The van der Waals surface area contributed by atoms with E-state index in [1.54, 1.807) is 0 Å². The van der Waals surface area contributed by atoms with Gasteiger partial charge >= 0.3 is 0 Å². The van der Waals surface area contributed by atoms with Crippen LogP contribution in [0.2, 0.25) is 5.02 Å². The Morgan fingerprint density at radius 2 is 1.55 bits per heavy atom. The third-order valence-corrected chi connectivity index (χ3v) is 6.47. The Morgan fingerprint density at radius 3 is 2.26 bits per heavy atom. The molecule has 5 rings (SSSR count). The summed E-state index contributed by atoms with van der Waals surface area (Å²) in [6.45, 7) is 10.8. The first kappa shape index (κ1) is 20.5. The van der Waals surface area contributed by atoms with Crippen molar-refractivity contribution in [1.29, 1.82) is 0 Å². The van der Waals surface area contributed by atoms with Crippen molar-refractivity contribution in [3.05, 3.63) is 46.9 Å². The molecule has 9 heteroatoms. The molecule has 0 aliphatic carbocycles. The summed E-state index contributed by atoms with van der Waals surface area (Å²) >= 11 is 6.02. The molecular weight excluding hydrogens is 412 g/mol. The number of rotatable bonds is 4. The van der Waals surface area contributed by atoms with E-state index in [0.29, 0.717) is 5.78 Å². The van der Waals surface area contributed by atoms with Crippen LogP contribution >= 0.6 is 11.6 Å². The molecule has 0 spiro atoms. The molecule has 2 fully saturated rings. The Labute approximate surface area is 188 Å². The number of nitrogens with zero attached hydrogens (tertiary/aromatic N) is 8. The topological polar surface area (TPSA) is 56.0 Å². The van der Waals surface area contributed by atoms with Gasteiger partial charge in [0, 0.05) is 74.8 Å². The van der Waals surface area contributed by atoms with Crippen LogP contribution in [-0.4, -0.2) is 88.8 Å². The Bertz CT molecular complexity index is 1030. The average Bonchev–Trinajstić information content (AvgIpc) is 3.17. The zero-order valence-electron chi connectivity index (χ0n) is 18.2. The first-order chi connectivity index (χ1) is 15.0. The fourth-order valence-electron chi connectivity index (χ4n) is 4.35. The minimum atomic E-state index is 0.698. The van der Waals surface area contributed by atoms with Gasteiger partial charge in [0.2, 0.25) is 0 Å². The number of hydrogen-bond donors (Lipinski definition) is 0. The van der Waals surface area contributed by atoms with E-state index in [1.165, 1.54) is 5.69 Å². The van der Waals surface area contributed by atoms with Crippen molar-refractivity contribution in [2.24, 2.45) is 0 Å². The van der Waals surface area contributed by atoms with Gasteiger partial charge in [0.15, 0.2) is 5.82 Å². The third-order valence-electron chi connectivity index (χ3n) is 6.22. The molecule has 0 bridgehead atoms. The van der Waals surface area contributed by atoms with Crippen molar-refractivity contribution < 1.29 is 0 Å². The third kappa shape index (κ3) is 4.46. The lowest BCUT2D eigenvalue weighted by molar-refractivity contribution is 0.244. The number of halogens is 1. The highest BCUT2D eigenvalue weighted by molar-refractivity contribution is 6.30. The van der Waals surface area contributed by atoms with E-state index in [1.807, 2.05) is 23.6 Å². The zero-order chi connectivity index (χ0) is 21.4. The van der Waals surface area contributed by atoms with Crippen LogP contribution in [-0.2, 0) is 6.54 Å². The Hall–Kier alpha value is -2.42. The lowest BCUT2D eigenvalue weighted by atomic mass is 10.2. The van der Waals surface area contributed by atoms with Gasteiger partial charge < -0.3 is 14.7 Å². The Kier molecular flexibility index (Phi) is 5.69. The van der Waals surface area contributed by atoms with Crippen LogP contribution < -0.4 is 9.80 Å². The second-order valence-electron chi connectivity index (χ2n) is 8.53. The first-order valence-electron chi connectivity index (χ1n) is 10.9. The first-order valence-corrected chi connectivity index (χ1v) is 11.3. The summed E-state index contributed by atoms with van der Waals surface area (Å²) in [5.41, 5.74) is 2.21. The van der Waals surface area contributed by atoms with Crippen molar-refractivity contribution in [3.63, 3.8) is 0 Å². The minimum Gasteiger partial charge on any atom is -0.369 e. The second-order valence-corrected chi connectivity index (χ2v) is 8.96. The van der Waals surface area contributed by atoms with Crippen molar-refractivity contribution >= 4 is 28.9 Å². The summed E-state index contributed by atoms with van der Waals surface area (Å²) in [6.07, 6.45) is 0. The fraction of sp³-hybridized carbons (Fsp3) is 0.500. The maximum Gasteiger partial charge on any atom is 0.254 e. The lowest BCUT2D eigenvalue weighted by Crippen LogP contribution is -2.46. The quantitative estimate of drug-likeness (QED) is 0.616. The van der Waals surface area contributed by atoms with Crippen molar-refractivity contribution in [3.8, 4) is 0 Å². The maximum atomic E-state index is 6.02. The fourth-order valence-corrected chi connectivity index (χ4v) is 4.48. The number of anilines is 2. The zero-order valence-corrected chi connectivity index (χ0v) is 19.0. The molecule has 0 radical (unpaired) electrons. The molecule has 8 nitrogen and oxygen atoms in total. The largest absolute Gasteiger partial charge is 0.369 e. The van der Waals surface area contributed by atoms with Crippen molar-refractivity contribution in [2.45, 2.75) is 13.5 Å². The molecule has 2 saturated heterocycles. The molecule has 0 amide bonds. The summed E-state index contributed by atoms with van der Waals surface area (Å²) in [5, 5.41) is 5.62. The normalized spacial score (nSPS) is 18.8. The minimum absolute atomic E-state index is 0.698. The molecule has 3 aromatic rings. The van der Waals surface area contributed by atoms with Gasteiger partial charge in [-0.15, -0.1) is 5.10 Å². The number of hydrogen-bond acceptors (Lipinski definition) is 7. The van der Waals surface area contributed by atoms with Crippen LogP contribution in [0.3, 0.4) is 0 Å². The lowest BCUT2D eigenvalue weighted by Gasteiger charge is -2.35. The number of aromatic nitrogens is 4. The Morgan fingerprint density at radius 1 is 0.871 bits per heavy atom. The highest BCUT2D eigenvalue weighted by Gasteiger charge is 2.22. The van der Waals surface area contributed by atoms with E-state index in [9.17, 15) is 0 Å². The number of fused-ring (bicyclic) bond motifs is 1. The number of piperazine rings is 2. The highest BCUT2D eigenvalue weighted by Crippen LogP contribution is 2.21. The van der Waals surface area contributed by atoms with Crippen LogP contribution in [0.25, 0.3) is 5.78 Å². The SMILES string of the molecule is Cc1cc(N2CCN(C)CC2)n2nc(CN3CCN(c4ccc(Cl)cc4)CC3)nc2n1. The average molecular weight is 441 g/mol. The molecule has 0 atom stereocenters. The number of benzene rings is 1. The van der Waals surface area contributed by atoms with E-state index in [2.05, 4.69) is 49.8 Å². The van der Waals surface area contributed by atoms with Crippen LogP contribution in [0.4, 0.5) is 11.5 Å². The molecule has 2 aromatic heterocycles. The van der Waals surface area contributed by atoms with Gasteiger partial charge in [-0.05, 0) is 38.2 Å². The number of likely N-dealkylation sites (N-methyl/N-ethyl adjacent to an activating group) is 1.